The fourth-order valence-electron chi connectivity index (χ4n) is 5.33. The third kappa shape index (κ3) is 10.1. The lowest BCUT2D eigenvalue weighted by Gasteiger charge is -2.49. The summed E-state index contributed by atoms with van der Waals surface area (Å²) in [5, 5.41) is 39.6. The number of nitrogens with zero attached hydrogens (tertiary/aromatic N) is 4. The Morgan fingerprint density at radius 2 is 1.40 bits per heavy atom. The number of carboxylic acid groups (broad SMARTS) is 4. The van der Waals surface area contributed by atoms with E-state index >= 15 is 0 Å². The molecule has 0 spiro atoms. The Bertz CT molecular complexity index is 1460. The molecule has 3 aliphatic rings. The molecule has 45 heavy (non-hydrogen) atoms. The fraction of sp³-hybridized carbons (Fsp3) is 0.333. The SMILES string of the molecule is CC(=O)N1CC2C=CC=CC2C(N2CCN(c3n[nH]c4cc(F)ccc34)CC2)C1.O=C(O)/C=C/C(=O)O.O=C(O)/C=C/C(=O)O. The molecule has 2 fully saturated rings. The molecule has 1 aromatic carbocycles. The van der Waals surface area contributed by atoms with Crippen LogP contribution in [0.5, 0.6) is 0 Å². The Kier molecular flexibility index (Phi) is 12.1. The van der Waals surface area contributed by atoms with Crippen LogP contribution < -0.4 is 4.90 Å². The highest BCUT2D eigenvalue weighted by molar-refractivity contribution is 5.91. The minimum Gasteiger partial charge on any atom is -0.478 e. The van der Waals surface area contributed by atoms with Crippen LogP contribution in [0.4, 0.5) is 10.2 Å². The molecule has 5 N–H and O–H groups in total. The van der Waals surface area contributed by atoms with Crippen LogP contribution >= 0.6 is 0 Å². The van der Waals surface area contributed by atoms with Gasteiger partial charge in [0.15, 0.2) is 5.82 Å². The number of carbonyl (C=O) groups excluding carboxylic acids is 1. The molecule has 3 heterocycles. The van der Waals surface area contributed by atoms with E-state index in [4.69, 9.17) is 20.4 Å². The molecule has 14 nitrogen and oxygen atoms in total. The Morgan fingerprint density at radius 1 is 0.844 bits per heavy atom. The second kappa shape index (κ2) is 16.0. The number of aromatic amines is 1. The first-order chi connectivity index (χ1) is 21.3. The standard InChI is InChI=1S/C22H26FN5O.2C4H4O4/c1-15(29)28-13-16-4-2-3-5-18(16)21(14-28)26-8-10-27(11-9-26)22-19-7-6-17(23)12-20(19)24-25-22;2*5-3(6)1-2-4(7)8/h2-7,12,16,18,21H,8-11,13-14H2,1H3,(H,24,25);2*1-2H,(H,5,6)(H,7,8)/b;2*2-1+. The Labute approximate surface area is 257 Å². The molecule has 3 atom stereocenters. The third-order valence-corrected chi connectivity index (χ3v) is 7.35. The second-order valence-corrected chi connectivity index (χ2v) is 10.3. The first kappa shape index (κ1) is 34.2. The van der Waals surface area contributed by atoms with Gasteiger partial charge in [0.2, 0.25) is 5.91 Å². The van der Waals surface area contributed by atoms with Gasteiger partial charge in [-0.3, -0.25) is 14.8 Å². The molecule has 0 saturated carbocycles. The number of hydrogen-bond acceptors (Lipinski definition) is 8. The van der Waals surface area contributed by atoms with Gasteiger partial charge >= 0.3 is 23.9 Å². The van der Waals surface area contributed by atoms with Crippen molar-refractivity contribution in [3.8, 4) is 0 Å². The van der Waals surface area contributed by atoms with Gasteiger partial charge in [-0.1, -0.05) is 24.3 Å². The number of allylic oxidation sites excluding steroid dienone is 2. The van der Waals surface area contributed by atoms with Crippen LogP contribution in [-0.4, -0.2) is 116 Å². The fourth-order valence-corrected chi connectivity index (χ4v) is 5.33. The van der Waals surface area contributed by atoms with Crippen LogP contribution in [0.2, 0.25) is 0 Å². The van der Waals surface area contributed by atoms with Gasteiger partial charge in [-0.2, -0.15) is 5.10 Å². The highest BCUT2D eigenvalue weighted by Crippen LogP contribution is 2.33. The number of rotatable bonds is 6. The molecule has 2 aromatic rings. The number of carbonyl (C=O) groups is 5. The first-order valence-corrected chi connectivity index (χ1v) is 13.9. The minimum atomic E-state index is -1.26. The van der Waals surface area contributed by atoms with E-state index in [-0.39, 0.29) is 11.7 Å². The lowest BCUT2D eigenvalue weighted by molar-refractivity contribution is -0.134. The molecular formula is C30H34FN5O9. The Hall–Kier alpha value is -5.31. The van der Waals surface area contributed by atoms with E-state index in [9.17, 15) is 28.4 Å². The maximum absolute atomic E-state index is 13.5. The van der Waals surface area contributed by atoms with E-state index in [1.165, 1.54) is 12.1 Å². The summed E-state index contributed by atoms with van der Waals surface area (Å²) in [5.74, 6) is -3.38. The van der Waals surface area contributed by atoms with Gasteiger partial charge in [-0.25, -0.2) is 23.6 Å². The quantitative estimate of drug-likeness (QED) is 0.291. The summed E-state index contributed by atoms with van der Waals surface area (Å²) in [6.45, 7) is 6.85. The number of amides is 1. The van der Waals surface area contributed by atoms with Crippen LogP contribution in [0.25, 0.3) is 10.9 Å². The van der Waals surface area contributed by atoms with Crippen molar-refractivity contribution < 1.29 is 48.8 Å². The summed E-state index contributed by atoms with van der Waals surface area (Å²) >= 11 is 0. The number of aromatic nitrogens is 2. The molecule has 15 heteroatoms. The van der Waals surface area contributed by atoms with Gasteiger partial charge in [-0.05, 0) is 18.2 Å². The van der Waals surface area contributed by atoms with E-state index in [0.29, 0.717) is 42.2 Å². The van der Waals surface area contributed by atoms with Crippen LogP contribution in [0.3, 0.4) is 0 Å². The van der Waals surface area contributed by atoms with Crippen molar-refractivity contribution >= 4 is 46.5 Å². The highest BCUT2D eigenvalue weighted by atomic mass is 19.1. The third-order valence-electron chi connectivity index (χ3n) is 7.35. The molecule has 240 valence electrons. The molecule has 2 aliphatic heterocycles. The number of halogens is 1. The number of hydrogen-bond donors (Lipinski definition) is 5. The molecular weight excluding hydrogens is 593 g/mol. The average molecular weight is 628 g/mol. The predicted octanol–water partition coefficient (Wildman–Crippen LogP) is 1.84. The molecule has 3 unspecified atom stereocenters. The zero-order valence-electron chi connectivity index (χ0n) is 24.3. The number of piperidine rings is 1. The molecule has 1 aliphatic carbocycles. The average Bonchev–Trinajstić information content (AvgIpc) is 3.42. The lowest BCUT2D eigenvalue weighted by Crippen LogP contribution is -2.60. The summed E-state index contributed by atoms with van der Waals surface area (Å²) < 4.78 is 13.5. The maximum Gasteiger partial charge on any atom is 0.328 e. The topological polar surface area (TPSA) is 205 Å². The van der Waals surface area contributed by atoms with Crippen molar-refractivity contribution in [1.82, 2.24) is 20.0 Å². The van der Waals surface area contributed by atoms with Gasteiger partial charge in [0.1, 0.15) is 5.82 Å². The van der Waals surface area contributed by atoms with Crippen molar-refractivity contribution in [3.05, 3.63) is 72.6 Å². The van der Waals surface area contributed by atoms with Crippen molar-refractivity contribution in [2.75, 3.05) is 44.2 Å². The number of anilines is 1. The highest BCUT2D eigenvalue weighted by Gasteiger charge is 2.40. The number of carboxylic acids is 4. The monoisotopic (exact) mass is 627 g/mol. The summed E-state index contributed by atoms with van der Waals surface area (Å²) in [4.78, 5) is 57.1. The second-order valence-electron chi connectivity index (χ2n) is 10.3. The van der Waals surface area contributed by atoms with E-state index < -0.39 is 23.9 Å². The minimum absolute atomic E-state index is 0.158. The van der Waals surface area contributed by atoms with Crippen molar-refractivity contribution in [2.45, 2.75) is 13.0 Å². The van der Waals surface area contributed by atoms with Gasteiger partial charge in [-0.15, -0.1) is 0 Å². The Morgan fingerprint density at radius 3 is 1.93 bits per heavy atom. The van der Waals surface area contributed by atoms with Crippen LogP contribution in [-0.2, 0) is 24.0 Å². The van der Waals surface area contributed by atoms with Gasteiger partial charge in [0.25, 0.3) is 0 Å². The molecule has 0 bridgehead atoms. The van der Waals surface area contributed by atoms with Gasteiger partial charge in [0.05, 0.1) is 5.52 Å². The molecule has 0 radical (unpaired) electrons. The molecule has 2 saturated heterocycles. The number of piperazine rings is 1. The van der Waals surface area contributed by atoms with E-state index in [0.717, 1.165) is 56.0 Å². The van der Waals surface area contributed by atoms with Gasteiger partial charge in [0, 0.05) is 93.8 Å². The van der Waals surface area contributed by atoms with E-state index in [2.05, 4.69) is 44.3 Å². The molecule has 1 amide bonds. The molecule has 1 aromatic heterocycles. The van der Waals surface area contributed by atoms with Crippen molar-refractivity contribution in [2.24, 2.45) is 11.8 Å². The summed E-state index contributed by atoms with van der Waals surface area (Å²) in [5.41, 5.74) is 0.730. The van der Waals surface area contributed by atoms with Crippen LogP contribution in [0.15, 0.2) is 66.8 Å². The Balaban J connectivity index is 0.000000287. The van der Waals surface area contributed by atoms with E-state index in [1.54, 1.807) is 13.0 Å². The maximum atomic E-state index is 13.5. The summed E-state index contributed by atoms with van der Waals surface area (Å²) in [6, 6.07) is 5.11. The number of aliphatic carboxylic acids is 4. The number of benzene rings is 1. The van der Waals surface area contributed by atoms with Crippen molar-refractivity contribution in [1.29, 1.82) is 0 Å². The van der Waals surface area contributed by atoms with Gasteiger partial charge < -0.3 is 30.2 Å². The van der Waals surface area contributed by atoms with E-state index in [1.807, 2.05) is 4.90 Å². The smallest absolute Gasteiger partial charge is 0.328 e. The van der Waals surface area contributed by atoms with Crippen molar-refractivity contribution in [3.63, 3.8) is 0 Å². The number of fused-ring (bicyclic) bond motifs is 2. The van der Waals surface area contributed by atoms with Crippen LogP contribution in [0.1, 0.15) is 6.92 Å². The zero-order chi connectivity index (χ0) is 33.1. The predicted molar refractivity (Wildman–Crippen MR) is 160 cm³/mol. The number of likely N-dealkylation sites (tertiary alicyclic amines) is 1. The summed E-state index contributed by atoms with van der Waals surface area (Å²) in [7, 11) is 0. The number of H-pyrrole nitrogens is 1. The normalized spacial score (nSPS) is 21.1. The lowest BCUT2D eigenvalue weighted by atomic mass is 9.78. The molecule has 5 rings (SSSR count). The number of nitrogens with one attached hydrogen (secondary N) is 1. The van der Waals surface area contributed by atoms with Crippen LogP contribution in [0, 0.1) is 17.7 Å². The zero-order valence-corrected chi connectivity index (χ0v) is 24.3. The summed E-state index contributed by atoms with van der Waals surface area (Å²) in [6.07, 6.45) is 11.0. The largest absolute Gasteiger partial charge is 0.478 e. The first-order valence-electron chi connectivity index (χ1n) is 13.9.